The Hall–Kier alpha value is -2.55. The van der Waals surface area contributed by atoms with Crippen LogP contribution >= 0.6 is 23.2 Å². The third-order valence-electron chi connectivity index (χ3n) is 3.87. The molecule has 1 aromatic heterocycles. The zero-order valence-electron chi connectivity index (χ0n) is 13.1. The van der Waals surface area contributed by atoms with Crippen LogP contribution in [-0.4, -0.2) is 4.98 Å². The van der Waals surface area contributed by atoms with Crippen molar-refractivity contribution in [3.63, 3.8) is 0 Å². The van der Waals surface area contributed by atoms with Crippen LogP contribution in [0.2, 0.25) is 10.0 Å². The lowest BCUT2D eigenvalue weighted by atomic mass is 10.1. The lowest BCUT2D eigenvalue weighted by molar-refractivity contribution is 0.590. The fraction of sp³-hybridized carbons (Fsp3) is 0. The quantitative estimate of drug-likeness (QED) is 0.391. The van der Waals surface area contributed by atoms with Gasteiger partial charge >= 0.3 is 0 Å². The molecule has 25 heavy (non-hydrogen) atoms. The van der Waals surface area contributed by atoms with E-state index >= 15 is 0 Å². The molecule has 0 spiro atoms. The van der Waals surface area contributed by atoms with E-state index in [1.165, 1.54) is 0 Å². The number of benzene rings is 3. The van der Waals surface area contributed by atoms with Gasteiger partial charge in [0.25, 0.3) is 0 Å². The van der Waals surface area contributed by atoms with Gasteiger partial charge in [-0.05, 0) is 47.0 Å². The summed E-state index contributed by atoms with van der Waals surface area (Å²) in [4.78, 5) is 4.54. The molecular weight excluding hydrogens is 353 g/mol. The second-order valence-corrected chi connectivity index (χ2v) is 6.42. The zero-order valence-corrected chi connectivity index (χ0v) is 14.6. The standard InChI is InChI=1S/C21H13Cl2NO/c22-17-9-6-14(12-18(17)23)7-11-21-24-19-13-16(8-10-20(19)25-21)15-4-2-1-3-5-15/h1-13H/b11-7-. The van der Waals surface area contributed by atoms with Crippen molar-refractivity contribution < 1.29 is 4.42 Å². The van der Waals surface area contributed by atoms with Crippen LogP contribution in [0.25, 0.3) is 34.4 Å². The molecule has 0 unspecified atom stereocenters. The molecule has 4 rings (SSSR count). The van der Waals surface area contributed by atoms with E-state index in [1.54, 1.807) is 12.1 Å². The molecule has 0 radical (unpaired) electrons. The molecule has 0 amide bonds. The van der Waals surface area contributed by atoms with Crippen LogP contribution in [-0.2, 0) is 0 Å². The van der Waals surface area contributed by atoms with Crippen LogP contribution in [0.3, 0.4) is 0 Å². The number of halogens is 2. The van der Waals surface area contributed by atoms with Gasteiger partial charge in [-0.2, -0.15) is 0 Å². The van der Waals surface area contributed by atoms with Gasteiger partial charge in [-0.1, -0.05) is 65.7 Å². The minimum atomic E-state index is 0.522. The molecule has 0 aliphatic rings. The molecule has 0 saturated heterocycles. The molecule has 0 atom stereocenters. The predicted molar refractivity (Wildman–Crippen MR) is 105 cm³/mol. The summed E-state index contributed by atoms with van der Waals surface area (Å²) >= 11 is 12.0. The number of hydrogen-bond donors (Lipinski definition) is 0. The van der Waals surface area contributed by atoms with E-state index in [0.717, 1.165) is 27.8 Å². The summed E-state index contributed by atoms with van der Waals surface area (Å²) in [6.45, 7) is 0. The van der Waals surface area contributed by atoms with E-state index in [-0.39, 0.29) is 0 Å². The van der Waals surface area contributed by atoms with Crippen LogP contribution < -0.4 is 0 Å². The maximum atomic E-state index is 6.03. The fourth-order valence-corrected chi connectivity index (χ4v) is 2.92. The first-order chi connectivity index (χ1) is 12.2. The van der Waals surface area contributed by atoms with Gasteiger partial charge < -0.3 is 4.42 Å². The Bertz CT molecular complexity index is 1070. The maximum absolute atomic E-state index is 6.03. The van der Waals surface area contributed by atoms with Gasteiger partial charge in [0.05, 0.1) is 10.0 Å². The number of nitrogens with zero attached hydrogens (tertiary/aromatic N) is 1. The van der Waals surface area contributed by atoms with Crippen molar-refractivity contribution in [2.24, 2.45) is 0 Å². The summed E-state index contributed by atoms with van der Waals surface area (Å²) in [7, 11) is 0. The summed E-state index contributed by atoms with van der Waals surface area (Å²) in [6.07, 6.45) is 3.72. The van der Waals surface area contributed by atoms with Gasteiger partial charge in [-0.15, -0.1) is 0 Å². The maximum Gasteiger partial charge on any atom is 0.220 e. The van der Waals surface area contributed by atoms with Crippen LogP contribution in [0.15, 0.2) is 71.1 Å². The Morgan fingerprint density at radius 3 is 2.40 bits per heavy atom. The molecule has 0 aliphatic carbocycles. The average molecular weight is 366 g/mol. The van der Waals surface area contributed by atoms with Crippen molar-refractivity contribution in [3.8, 4) is 11.1 Å². The molecule has 1 heterocycles. The fourth-order valence-electron chi connectivity index (χ4n) is 2.61. The first-order valence-electron chi connectivity index (χ1n) is 7.78. The number of oxazole rings is 1. The molecule has 4 aromatic rings. The Morgan fingerprint density at radius 1 is 0.760 bits per heavy atom. The molecular formula is C21H13Cl2NO. The number of aromatic nitrogens is 1. The topological polar surface area (TPSA) is 26.0 Å². The Morgan fingerprint density at radius 2 is 1.60 bits per heavy atom. The minimum absolute atomic E-state index is 0.522. The molecule has 0 bridgehead atoms. The second kappa shape index (κ2) is 6.75. The summed E-state index contributed by atoms with van der Waals surface area (Å²) in [5.41, 5.74) is 4.78. The Balaban J connectivity index is 1.65. The first-order valence-corrected chi connectivity index (χ1v) is 8.54. The monoisotopic (exact) mass is 365 g/mol. The number of rotatable bonds is 3. The number of fused-ring (bicyclic) bond motifs is 1. The predicted octanol–water partition coefficient (Wildman–Crippen LogP) is 6.97. The third kappa shape index (κ3) is 3.46. The van der Waals surface area contributed by atoms with E-state index in [0.29, 0.717) is 15.9 Å². The molecule has 0 aliphatic heterocycles. The van der Waals surface area contributed by atoms with Gasteiger partial charge in [0.1, 0.15) is 5.52 Å². The van der Waals surface area contributed by atoms with E-state index in [2.05, 4.69) is 17.1 Å². The summed E-state index contributed by atoms with van der Waals surface area (Å²) < 4.78 is 5.78. The molecule has 0 saturated carbocycles. The van der Waals surface area contributed by atoms with E-state index in [1.807, 2.05) is 54.6 Å². The van der Waals surface area contributed by atoms with Gasteiger partial charge in [0.15, 0.2) is 5.58 Å². The van der Waals surface area contributed by atoms with Crippen LogP contribution in [0.1, 0.15) is 11.5 Å². The Kier molecular flexibility index (Phi) is 4.31. The van der Waals surface area contributed by atoms with Crippen LogP contribution in [0.5, 0.6) is 0 Å². The van der Waals surface area contributed by atoms with Crippen molar-refractivity contribution in [2.75, 3.05) is 0 Å². The molecule has 3 aromatic carbocycles. The van der Waals surface area contributed by atoms with Gasteiger partial charge in [-0.3, -0.25) is 0 Å². The van der Waals surface area contributed by atoms with Gasteiger partial charge in [0.2, 0.25) is 5.89 Å². The highest BCUT2D eigenvalue weighted by Crippen LogP contribution is 2.26. The van der Waals surface area contributed by atoms with Crippen molar-refractivity contribution in [3.05, 3.63) is 88.2 Å². The highest BCUT2D eigenvalue weighted by atomic mass is 35.5. The minimum Gasteiger partial charge on any atom is -0.437 e. The van der Waals surface area contributed by atoms with Gasteiger partial charge in [0, 0.05) is 6.08 Å². The van der Waals surface area contributed by atoms with E-state index < -0.39 is 0 Å². The molecule has 2 nitrogen and oxygen atoms in total. The second-order valence-electron chi connectivity index (χ2n) is 5.61. The Labute approximate surface area is 155 Å². The molecule has 0 fully saturated rings. The number of hydrogen-bond acceptors (Lipinski definition) is 2. The first kappa shape index (κ1) is 15.9. The molecule has 4 heteroatoms. The van der Waals surface area contributed by atoms with Crippen LogP contribution in [0, 0.1) is 0 Å². The van der Waals surface area contributed by atoms with Gasteiger partial charge in [-0.25, -0.2) is 4.98 Å². The SMILES string of the molecule is Clc1ccc(/C=C\c2nc3cc(-c4ccccc4)ccc3o2)cc1Cl. The summed E-state index contributed by atoms with van der Waals surface area (Å²) in [6, 6.07) is 21.7. The van der Waals surface area contributed by atoms with Crippen molar-refractivity contribution in [1.82, 2.24) is 4.98 Å². The smallest absolute Gasteiger partial charge is 0.220 e. The molecule has 122 valence electrons. The average Bonchev–Trinajstić information content (AvgIpc) is 3.05. The van der Waals surface area contributed by atoms with Crippen molar-refractivity contribution in [1.29, 1.82) is 0 Å². The lowest BCUT2D eigenvalue weighted by Crippen LogP contribution is -1.77. The lowest BCUT2D eigenvalue weighted by Gasteiger charge is -1.99. The van der Waals surface area contributed by atoms with E-state index in [4.69, 9.17) is 27.6 Å². The third-order valence-corrected chi connectivity index (χ3v) is 4.61. The normalized spacial score (nSPS) is 11.4. The summed E-state index contributed by atoms with van der Waals surface area (Å²) in [5, 5.41) is 1.06. The van der Waals surface area contributed by atoms with Crippen LogP contribution in [0.4, 0.5) is 0 Å². The van der Waals surface area contributed by atoms with E-state index in [9.17, 15) is 0 Å². The highest BCUT2D eigenvalue weighted by molar-refractivity contribution is 6.42. The molecule has 0 N–H and O–H groups in total. The summed E-state index contributed by atoms with van der Waals surface area (Å²) in [5.74, 6) is 0.547. The van der Waals surface area contributed by atoms with Crippen molar-refractivity contribution >= 4 is 46.5 Å². The highest BCUT2D eigenvalue weighted by Gasteiger charge is 2.06. The largest absolute Gasteiger partial charge is 0.437 e. The van der Waals surface area contributed by atoms with Crippen molar-refractivity contribution in [2.45, 2.75) is 0 Å². The zero-order chi connectivity index (χ0) is 17.2.